The Hall–Kier alpha value is -0.370. The SMILES string of the molecule is CC.CCC(=O)C(C)N(C)CC. The molecule has 0 radical (unpaired) electrons. The molecule has 0 bridgehead atoms. The van der Waals surface area contributed by atoms with Crippen molar-refractivity contribution in [1.29, 1.82) is 0 Å². The van der Waals surface area contributed by atoms with Gasteiger partial charge in [-0.25, -0.2) is 0 Å². The summed E-state index contributed by atoms with van der Waals surface area (Å²) in [6, 6.07) is 0.0926. The summed E-state index contributed by atoms with van der Waals surface area (Å²) >= 11 is 0. The third-order valence-electron chi connectivity index (χ3n) is 1.97. The van der Waals surface area contributed by atoms with E-state index >= 15 is 0 Å². The summed E-state index contributed by atoms with van der Waals surface area (Å²) in [5.74, 6) is 0.323. The van der Waals surface area contributed by atoms with E-state index in [1.165, 1.54) is 0 Å². The molecule has 1 atom stereocenters. The summed E-state index contributed by atoms with van der Waals surface area (Å²) in [7, 11) is 1.97. The van der Waals surface area contributed by atoms with Gasteiger partial charge >= 0.3 is 0 Å². The fourth-order valence-corrected chi connectivity index (χ4v) is 0.815. The molecule has 0 aromatic heterocycles. The van der Waals surface area contributed by atoms with E-state index in [9.17, 15) is 4.79 Å². The highest BCUT2D eigenvalue weighted by Gasteiger charge is 2.13. The number of Topliss-reactive ketones (excluding diaryl/α,β-unsaturated/α-hetero) is 1. The molecular weight excluding hydrogens is 150 g/mol. The third kappa shape index (κ3) is 5.30. The predicted octanol–water partition coefficient (Wildman–Crippen LogP) is 2.33. The largest absolute Gasteiger partial charge is 0.298 e. The van der Waals surface area contributed by atoms with Crippen molar-refractivity contribution in [2.45, 2.75) is 47.1 Å². The van der Waals surface area contributed by atoms with E-state index in [0.717, 1.165) is 6.54 Å². The summed E-state index contributed by atoms with van der Waals surface area (Å²) in [5.41, 5.74) is 0. The minimum Gasteiger partial charge on any atom is -0.298 e. The van der Waals surface area contributed by atoms with Gasteiger partial charge in [0.1, 0.15) is 5.78 Å². The van der Waals surface area contributed by atoms with Crippen molar-refractivity contribution in [2.75, 3.05) is 13.6 Å². The Balaban J connectivity index is 0. The van der Waals surface area contributed by atoms with Crippen molar-refractivity contribution in [1.82, 2.24) is 4.90 Å². The molecule has 0 saturated carbocycles. The standard InChI is InChI=1S/C8H17NO.C2H6/c1-5-8(10)7(3)9(4)6-2;1-2/h7H,5-6H2,1-4H3;1-2H3. The first-order valence-corrected chi connectivity index (χ1v) is 4.86. The van der Waals surface area contributed by atoms with Crippen LogP contribution in [-0.4, -0.2) is 30.3 Å². The molecule has 0 fully saturated rings. The summed E-state index contributed by atoms with van der Waals surface area (Å²) in [6.45, 7) is 10.9. The summed E-state index contributed by atoms with van der Waals surface area (Å²) in [4.78, 5) is 13.1. The van der Waals surface area contributed by atoms with E-state index in [4.69, 9.17) is 0 Å². The van der Waals surface area contributed by atoms with Gasteiger partial charge in [0.05, 0.1) is 6.04 Å². The smallest absolute Gasteiger partial charge is 0.149 e. The van der Waals surface area contributed by atoms with Crippen LogP contribution in [0, 0.1) is 0 Å². The maximum atomic E-state index is 11.1. The molecule has 0 heterocycles. The normalized spacial score (nSPS) is 11.9. The highest BCUT2D eigenvalue weighted by atomic mass is 16.1. The van der Waals surface area contributed by atoms with Crippen LogP contribution in [-0.2, 0) is 4.79 Å². The van der Waals surface area contributed by atoms with Gasteiger partial charge in [-0.05, 0) is 20.5 Å². The lowest BCUT2D eigenvalue weighted by Gasteiger charge is -2.20. The van der Waals surface area contributed by atoms with Crippen LogP contribution in [0.15, 0.2) is 0 Å². The molecule has 0 amide bonds. The lowest BCUT2D eigenvalue weighted by atomic mass is 10.1. The maximum absolute atomic E-state index is 11.1. The molecular formula is C10H23NO. The Morgan fingerprint density at radius 1 is 1.33 bits per heavy atom. The molecule has 0 aliphatic heterocycles. The molecule has 12 heavy (non-hydrogen) atoms. The number of rotatable bonds is 4. The van der Waals surface area contributed by atoms with Crippen molar-refractivity contribution in [2.24, 2.45) is 0 Å². The van der Waals surface area contributed by atoms with Gasteiger partial charge in [0, 0.05) is 6.42 Å². The fourth-order valence-electron chi connectivity index (χ4n) is 0.815. The highest BCUT2D eigenvalue weighted by Crippen LogP contribution is 1.98. The van der Waals surface area contributed by atoms with Crippen LogP contribution >= 0.6 is 0 Å². The van der Waals surface area contributed by atoms with Gasteiger partial charge in [0.25, 0.3) is 0 Å². The lowest BCUT2D eigenvalue weighted by Crippen LogP contribution is -2.35. The van der Waals surface area contributed by atoms with Crippen LogP contribution in [0.5, 0.6) is 0 Å². The summed E-state index contributed by atoms with van der Waals surface area (Å²) in [6.07, 6.45) is 0.644. The maximum Gasteiger partial charge on any atom is 0.149 e. The number of hydrogen-bond acceptors (Lipinski definition) is 2. The molecule has 0 saturated heterocycles. The third-order valence-corrected chi connectivity index (χ3v) is 1.97. The average molecular weight is 173 g/mol. The minimum atomic E-state index is 0.0926. The van der Waals surface area contributed by atoms with Crippen LogP contribution in [0.1, 0.15) is 41.0 Å². The highest BCUT2D eigenvalue weighted by molar-refractivity contribution is 5.83. The molecule has 0 aromatic carbocycles. The number of carbonyl (C=O) groups excluding carboxylic acids is 1. The lowest BCUT2D eigenvalue weighted by molar-refractivity contribution is -0.122. The Labute approximate surface area is 77.0 Å². The van der Waals surface area contributed by atoms with Crippen LogP contribution in [0.2, 0.25) is 0 Å². The van der Waals surface area contributed by atoms with Crippen molar-refractivity contribution >= 4 is 5.78 Å². The van der Waals surface area contributed by atoms with Crippen molar-refractivity contribution in [3.8, 4) is 0 Å². The van der Waals surface area contributed by atoms with Crippen LogP contribution in [0.3, 0.4) is 0 Å². The number of hydrogen-bond donors (Lipinski definition) is 0. The number of carbonyl (C=O) groups is 1. The number of nitrogens with zero attached hydrogens (tertiary/aromatic N) is 1. The molecule has 2 nitrogen and oxygen atoms in total. The first-order valence-electron chi connectivity index (χ1n) is 4.86. The van der Waals surface area contributed by atoms with Crippen molar-refractivity contribution in [3.05, 3.63) is 0 Å². The van der Waals surface area contributed by atoms with E-state index in [1.807, 2.05) is 39.6 Å². The summed E-state index contributed by atoms with van der Waals surface area (Å²) < 4.78 is 0. The molecule has 0 N–H and O–H groups in total. The molecule has 0 aliphatic rings. The monoisotopic (exact) mass is 173 g/mol. The van der Waals surface area contributed by atoms with Crippen LogP contribution < -0.4 is 0 Å². The number of ketones is 1. The van der Waals surface area contributed by atoms with E-state index < -0.39 is 0 Å². The van der Waals surface area contributed by atoms with Gasteiger partial charge < -0.3 is 0 Å². The molecule has 0 spiro atoms. The van der Waals surface area contributed by atoms with Crippen LogP contribution in [0.25, 0.3) is 0 Å². The van der Waals surface area contributed by atoms with E-state index in [1.54, 1.807) is 0 Å². The zero-order valence-electron chi connectivity index (χ0n) is 9.35. The molecule has 0 aromatic rings. The molecule has 2 heteroatoms. The molecule has 1 unspecified atom stereocenters. The molecule has 0 aliphatic carbocycles. The zero-order valence-corrected chi connectivity index (χ0v) is 9.35. The Morgan fingerprint density at radius 2 is 1.75 bits per heavy atom. The second-order valence-corrected chi connectivity index (χ2v) is 2.57. The van der Waals surface area contributed by atoms with Gasteiger partial charge in [0.2, 0.25) is 0 Å². The predicted molar refractivity (Wildman–Crippen MR) is 54.4 cm³/mol. The first kappa shape index (κ1) is 14.2. The second-order valence-electron chi connectivity index (χ2n) is 2.57. The topological polar surface area (TPSA) is 20.3 Å². The Kier molecular flexibility index (Phi) is 10.3. The zero-order chi connectivity index (χ0) is 10.1. The quantitative estimate of drug-likeness (QED) is 0.650. The van der Waals surface area contributed by atoms with Crippen LogP contribution in [0.4, 0.5) is 0 Å². The van der Waals surface area contributed by atoms with Gasteiger partial charge in [0.15, 0.2) is 0 Å². The Bertz CT molecular complexity index is 112. The average Bonchev–Trinajstić information content (AvgIpc) is 2.17. The van der Waals surface area contributed by atoms with Gasteiger partial charge in [-0.3, -0.25) is 9.69 Å². The number of likely N-dealkylation sites (N-methyl/N-ethyl adjacent to an activating group) is 1. The van der Waals surface area contributed by atoms with Gasteiger partial charge in [-0.1, -0.05) is 27.7 Å². The van der Waals surface area contributed by atoms with Crippen molar-refractivity contribution in [3.63, 3.8) is 0 Å². The van der Waals surface area contributed by atoms with Gasteiger partial charge in [-0.15, -0.1) is 0 Å². The first-order chi connectivity index (χ1) is 5.63. The molecule has 74 valence electrons. The Morgan fingerprint density at radius 3 is 2.00 bits per heavy atom. The second kappa shape index (κ2) is 8.72. The van der Waals surface area contributed by atoms with E-state index in [-0.39, 0.29) is 6.04 Å². The summed E-state index contributed by atoms with van der Waals surface area (Å²) in [5, 5.41) is 0. The van der Waals surface area contributed by atoms with E-state index in [0.29, 0.717) is 12.2 Å². The molecule has 0 rings (SSSR count). The van der Waals surface area contributed by atoms with Gasteiger partial charge in [-0.2, -0.15) is 0 Å². The fraction of sp³-hybridized carbons (Fsp3) is 0.900. The minimum absolute atomic E-state index is 0.0926. The van der Waals surface area contributed by atoms with E-state index in [2.05, 4.69) is 6.92 Å². The van der Waals surface area contributed by atoms with Crippen molar-refractivity contribution < 1.29 is 4.79 Å².